The molecule has 0 amide bonds. The van der Waals surface area contributed by atoms with Crippen molar-refractivity contribution in [3.63, 3.8) is 0 Å². The number of carboxylic acid groups (broad SMARTS) is 1. The molecule has 1 atom stereocenters. The molecule has 1 aromatic carbocycles. The lowest BCUT2D eigenvalue weighted by atomic mass is 9.98. The van der Waals surface area contributed by atoms with Crippen molar-refractivity contribution in [2.24, 2.45) is 5.92 Å². The Bertz CT molecular complexity index is 559. The van der Waals surface area contributed by atoms with Crippen molar-refractivity contribution < 1.29 is 9.90 Å². The molecule has 0 saturated carbocycles. The Hall–Kier alpha value is -1.84. The number of carboxylic acids is 1. The van der Waals surface area contributed by atoms with E-state index >= 15 is 0 Å². The molecule has 1 unspecified atom stereocenters. The molecule has 2 aromatic rings. The van der Waals surface area contributed by atoms with Gasteiger partial charge in [0.15, 0.2) is 0 Å². The van der Waals surface area contributed by atoms with E-state index in [9.17, 15) is 4.79 Å². The van der Waals surface area contributed by atoms with Crippen LogP contribution in [0, 0.1) is 5.92 Å². The van der Waals surface area contributed by atoms with Crippen LogP contribution in [0.25, 0.3) is 11.0 Å². The number of hydrogen-bond donors (Lipinski definition) is 1. The molecule has 3 rings (SSSR count). The fourth-order valence-electron chi connectivity index (χ4n) is 2.35. The quantitative estimate of drug-likeness (QED) is 0.789. The van der Waals surface area contributed by atoms with Crippen LogP contribution in [0.1, 0.15) is 12.2 Å². The van der Waals surface area contributed by atoms with Gasteiger partial charge in [-0.2, -0.15) is 0 Å². The number of fused-ring (bicyclic) bond motifs is 3. The number of para-hydroxylation sites is 2. The van der Waals surface area contributed by atoms with Gasteiger partial charge in [0, 0.05) is 13.0 Å². The summed E-state index contributed by atoms with van der Waals surface area (Å²) in [5.74, 6) is -0.0810. The van der Waals surface area contributed by atoms with Gasteiger partial charge < -0.3 is 9.67 Å². The van der Waals surface area contributed by atoms with Crippen LogP contribution in [0.4, 0.5) is 0 Å². The van der Waals surface area contributed by atoms with Gasteiger partial charge in [0.1, 0.15) is 5.82 Å². The second-order valence-electron chi connectivity index (χ2n) is 4.20. The minimum Gasteiger partial charge on any atom is -0.481 e. The fraction of sp³-hybridized carbons (Fsp3) is 0.333. The minimum atomic E-state index is -0.710. The van der Waals surface area contributed by atoms with E-state index in [1.807, 2.05) is 24.3 Å². The molecule has 1 aliphatic rings. The van der Waals surface area contributed by atoms with Crippen molar-refractivity contribution in [1.29, 1.82) is 0 Å². The first-order valence-corrected chi connectivity index (χ1v) is 5.42. The Balaban J connectivity index is 2.09. The van der Waals surface area contributed by atoms with Crippen LogP contribution < -0.4 is 0 Å². The van der Waals surface area contributed by atoms with E-state index in [-0.39, 0.29) is 5.92 Å². The van der Waals surface area contributed by atoms with Crippen molar-refractivity contribution in [3.8, 4) is 0 Å². The number of aryl methyl sites for hydroxylation is 1. The van der Waals surface area contributed by atoms with Crippen LogP contribution in [0.5, 0.6) is 0 Å². The van der Waals surface area contributed by atoms with Gasteiger partial charge >= 0.3 is 5.97 Å². The van der Waals surface area contributed by atoms with Crippen molar-refractivity contribution in [3.05, 3.63) is 30.1 Å². The topological polar surface area (TPSA) is 55.1 Å². The van der Waals surface area contributed by atoms with Crippen LogP contribution >= 0.6 is 0 Å². The normalized spacial score (nSPS) is 19.6. The number of benzene rings is 1. The smallest absolute Gasteiger partial charge is 0.307 e. The van der Waals surface area contributed by atoms with Crippen LogP contribution in [-0.4, -0.2) is 20.6 Å². The lowest BCUT2D eigenvalue weighted by Gasteiger charge is -2.20. The van der Waals surface area contributed by atoms with Gasteiger partial charge in [0.05, 0.1) is 17.0 Å². The number of imidazole rings is 1. The van der Waals surface area contributed by atoms with Gasteiger partial charge in [-0.05, 0) is 18.6 Å². The summed E-state index contributed by atoms with van der Waals surface area (Å²) in [6, 6.07) is 7.94. The molecule has 0 spiro atoms. The minimum absolute atomic E-state index is 0.274. The van der Waals surface area contributed by atoms with Gasteiger partial charge in [-0.3, -0.25) is 4.79 Å². The molecule has 1 aliphatic heterocycles. The summed E-state index contributed by atoms with van der Waals surface area (Å²) in [5.41, 5.74) is 2.07. The molecule has 4 nitrogen and oxygen atoms in total. The predicted molar refractivity (Wildman–Crippen MR) is 59.2 cm³/mol. The molecule has 0 saturated heterocycles. The summed E-state index contributed by atoms with van der Waals surface area (Å²) in [5, 5.41) is 9.00. The molecule has 0 radical (unpaired) electrons. The summed E-state index contributed by atoms with van der Waals surface area (Å²) in [7, 11) is 0. The maximum absolute atomic E-state index is 10.9. The van der Waals surface area contributed by atoms with E-state index in [1.54, 1.807) is 0 Å². The van der Waals surface area contributed by atoms with Crippen molar-refractivity contribution in [2.75, 3.05) is 0 Å². The first-order valence-electron chi connectivity index (χ1n) is 5.42. The van der Waals surface area contributed by atoms with E-state index < -0.39 is 5.97 Å². The van der Waals surface area contributed by atoms with E-state index in [0.29, 0.717) is 12.8 Å². The zero-order chi connectivity index (χ0) is 11.1. The van der Waals surface area contributed by atoms with Crippen molar-refractivity contribution in [1.82, 2.24) is 9.55 Å². The number of hydrogen-bond acceptors (Lipinski definition) is 2. The summed E-state index contributed by atoms with van der Waals surface area (Å²) >= 11 is 0. The van der Waals surface area contributed by atoms with Crippen LogP contribution in [-0.2, 0) is 17.8 Å². The summed E-state index contributed by atoms with van der Waals surface area (Å²) in [4.78, 5) is 15.4. The van der Waals surface area contributed by atoms with Gasteiger partial charge in [-0.15, -0.1) is 0 Å². The number of aromatic nitrogens is 2. The Morgan fingerprint density at radius 3 is 3.06 bits per heavy atom. The molecule has 16 heavy (non-hydrogen) atoms. The largest absolute Gasteiger partial charge is 0.481 e. The second kappa shape index (κ2) is 3.33. The average Bonchev–Trinajstić information content (AvgIpc) is 2.66. The number of carbonyl (C=O) groups is 1. The van der Waals surface area contributed by atoms with Crippen LogP contribution in [0.3, 0.4) is 0 Å². The Labute approximate surface area is 92.5 Å². The zero-order valence-corrected chi connectivity index (χ0v) is 8.76. The Morgan fingerprint density at radius 1 is 1.44 bits per heavy atom. The highest BCUT2D eigenvalue weighted by Crippen LogP contribution is 2.25. The fourth-order valence-corrected chi connectivity index (χ4v) is 2.35. The molecule has 2 heterocycles. The molecule has 0 bridgehead atoms. The maximum Gasteiger partial charge on any atom is 0.307 e. The summed E-state index contributed by atoms with van der Waals surface area (Å²) < 4.78 is 2.13. The van der Waals surface area contributed by atoms with Gasteiger partial charge in [-0.1, -0.05) is 12.1 Å². The van der Waals surface area contributed by atoms with Crippen molar-refractivity contribution >= 4 is 17.0 Å². The highest BCUT2D eigenvalue weighted by molar-refractivity contribution is 5.77. The number of rotatable bonds is 1. The highest BCUT2D eigenvalue weighted by atomic mass is 16.4. The van der Waals surface area contributed by atoms with Crippen LogP contribution in [0.15, 0.2) is 24.3 Å². The lowest BCUT2D eigenvalue weighted by Crippen LogP contribution is -2.25. The molecular formula is C12H12N2O2. The molecule has 0 fully saturated rings. The number of nitrogens with zero attached hydrogens (tertiary/aromatic N) is 2. The Kier molecular flexibility index (Phi) is 1.96. The third-order valence-electron chi connectivity index (χ3n) is 3.21. The average molecular weight is 216 g/mol. The molecule has 1 aromatic heterocycles. The van der Waals surface area contributed by atoms with E-state index in [1.165, 1.54) is 0 Å². The van der Waals surface area contributed by atoms with Gasteiger partial charge in [-0.25, -0.2) is 4.98 Å². The third-order valence-corrected chi connectivity index (χ3v) is 3.21. The SMILES string of the molecule is O=C(O)C1CCn2c(nc3ccccc32)C1. The molecule has 4 heteroatoms. The zero-order valence-electron chi connectivity index (χ0n) is 8.76. The van der Waals surface area contributed by atoms with Gasteiger partial charge in [0.2, 0.25) is 0 Å². The standard InChI is InChI=1S/C12H12N2O2/c15-12(16)8-5-6-14-10-4-2-1-3-9(10)13-11(14)7-8/h1-4,8H,5-7H2,(H,15,16). The molecule has 1 N–H and O–H groups in total. The number of aliphatic carboxylic acids is 1. The van der Waals surface area contributed by atoms with E-state index in [4.69, 9.17) is 5.11 Å². The van der Waals surface area contributed by atoms with E-state index in [2.05, 4.69) is 9.55 Å². The summed E-state index contributed by atoms with van der Waals surface area (Å²) in [6.45, 7) is 0.757. The Morgan fingerprint density at radius 2 is 2.25 bits per heavy atom. The first kappa shape index (κ1) is 9.39. The monoisotopic (exact) mass is 216 g/mol. The van der Waals surface area contributed by atoms with Crippen LogP contribution in [0.2, 0.25) is 0 Å². The second-order valence-corrected chi connectivity index (χ2v) is 4.20. The first-order chi connectivity index (χ1) is 7.75. The molecule has 82 valence electrons. The van der Waals surface area contributed by atoms with Crippen molar-refractivity contribution in [2.45, 2.75) is 19.4 Å². The molecule has 0 aliphatic carbocycles. The van der Waals surface area contributed by atoms with E-state index in [0.717, 1.165) is 23.4 Å². The summed E-state index contributed by atoms with van der Waals surface area (Å²) in [6.07, 6.45) is 1.24. The predicted octanol–water partition coefficient (Wildman–Crippen LogP) is 1.68. The maximum atomic E-state index is 10.9. The van der Waals surface area contributed by atoms with Gasteiger partial charge in [0.25, 0.3) is 0 Å². The highest BCUT2D eigenvalue weighted by Gasteiger charge is 2.26. The third kappa shape index (κ3) is 1.30. The lowest BCUT2D eigenvalue weighted by molar-refractivity contribution is -0.142. The molecular weight excluding hydrogens is 204 g/mol.